The number of benzene rings is 1. The fourth-order valence-electron chi connectivity index (χ4n) is 5.56. The number of hydrogen-bond donors (Lipinski definition) is 0. The zero-order valence-electron chi connectivity index (χ0n) is 18.8. The molecule has 1 aromatic carbocycles. The van der Waals surface area contributed by atoms with E-state index in [0.717, 1.165) is 27.8 Å². The standard InChI is InChI=1S/C24H28BF3N2/c1-8-18-14(4)23-22(20-12-13(3)10-11-21(20)26)24-15(5)19(9-2)17(7)30(24)25(27,28)29(23)16(18)6/h10-12H,8-9H2,1-7H3. The molecule has 3 heterocycles. The summed E-state index contributed by atoms with van der Waals surface area (Å²) in [5.41, 5.74) is 7.34. The van der Waals surface area contributed by atoms with Crippen LogP contribution in [0.2, 0.25) is 0 Å². The molecule has 2 aromatic rings. The molecule has 0 bridgehead atoms. The van der Waals surface area contributed by atoms with Crippen molar-refractivity contribution in [3.63, 3.8) is 0 Å². The Bertz CT molecular complexity index is 1200. The van der Waals surface area contributed by atoms with Gasteiger partial charge in [-0.3, -0.25) is 0 Å². The molecule has 0 radical (unpaired) electrons. The maximum atomic E-state index is 16.1. The lowest BCUT2D eigenvalue weighted by atomic mass is 9.83. The van der Waals surface area contributed by atoms with Gasteiger partial charge >= 0.3 is 6.97 Å². The Balaban J connectivity index is 2.27. The molecule has 0 fully saturated rings. The first-order valence-corrected chi connectivity index (χ1v) is 10.6. The smallest absolute Gasteiger partial charge is 0.393 e. The summed E-state index contributed by atoms with van der Waals surface area (Å²) in [6.07, 6.45) is 1.31. The first-order chi connectivity index (χ1) is 14.1. The van der Waals surface area contributed by atoms with E-state index in [9.17, 15) is 0 Å². The number of fused-ring (bicyclic) bond motifs is 2. The first kappa shape index (κ1) is 20.8. The van der Waals surface area contributed by atoms with Gasteiger partial charge in [-0.15, -0.1) is 0 Å². The van der Waals surface area contributed by atoms with Gasteiger partial charge in [0.25, 0.3) is 0 Å². The minimum Gasteiger partial charge on any atom is -0.393 e. The van der Waals surface area contributed by atoms with Crippen LogP contribution in [-0.2, 0) is 6.42 Å². The second kappa shape index (κ2) is 6.76. The van der Waals surface area contributed by atoms with Crippen LogP contribution >= 0.6 is 0 Å². The van der Waals surface area contributed by atoms with E-state index in [2.05, 4.69) is 0 Å². The van der Waals surface area contributed by atoms with Gasteiger partial charge in [0.2, 0.25) is 0 Å². The van der Waals surface area contributed by atoms with Gasteiger partial charge in [0.05, 0.1) is 5.57 Å². The average molecular weight is 412 g/mol. The van der Waals surface area contributed by atoms with Crippen LogP contribution in [0.15, 0.2) is 35.0 Å². The third kappa shape index (κ3) is 2.49. The molecule has 30 heavy (non-hydrogen) atoms. The van der Waals surface area contributed by atoms with E-state index in [4.69, 9.17) is 0 Å². The van der Waals surface area contributed by atoms with E-state index in [1.54, 1.807) is 26.0 Å². The lowest BCUT2D eigenvalue weighted by Crippen LogP contribution is -2.51. The summed E-state index contributed by atoms with van der Waals surface area (Å²) in [5, 5.41) is 0. The van der Waals surface area contributed by atoms with Crippen LogP contribution in [0.4, 0.5) is 13.0 Å². The molecule has 0 saturated carbocycles. The molecule has 0 saturated heterocycles. The Labute approximate surface area is 176 Å². The molecule has 1 aromatic heterocycles. The van der Waals surface area contributed by atoms with E-state index >= 15 is 13.0 Å². The molecule has 0 amide bonds. The molecule has 0 N–H and O–H groups in total. The number of nitrogens with zero attached hydrogens (tertiary/aromatic N) is 2. The maximum absolute atomic E-state index is 16.1. The molecular weight excluding hydrogens is 384 g/mol. The third-order valence-corrected chi connectivity index (χ3v) is 6.89. The Morgan fingerprint density at radius 2 is 1.67 bits per heavy atom. The summed E-state index contributed by atoms with van der Waals surface area (Å²) in [4.78, 5) is 0. The normalized spacial score (nSPS) is 17.8. The largest absolute Gasteiger partial charge is 0.737 e. The first-order valence-electron chi connectivity index (χ1n) is 10.6. The number of hydrogen-bond acceptors (Lipinski definition) is 0. The van der Waals surface area contributed by atoms with Crippen LogP contribution < -0.4 is 0 Å². The van der Waals surface area contributed by atoms with Crippen LogP contribution in [0.3, 0.4) is 0 Å². The number of aryl methyl sites for hydroxylation is 1. The number of aromatic nitrogens is 1. The molecule has 6 heteroatoms. The topological polar surface area (TPSA) is 7.94 Å². The van der Waals surface area contributed by atoms with Crippen molar-refractivity contribution >= 4 is 18.3 Å². The van der Waals surface area contributed by atoms with Gasteiger partial charge in [0, 0.05) is 29.3 Å². The van der Waals surface area contributed by atoms with Gasteiger partial charge < -0.3 is 17.6 Å². The molecule has 0 atom stereocenters. The predicted octanol–water partition coefficient (Wildman–Crippen LogP) is 6.32. The lowest BCUT2D eigenvalue weighted by molar-refractivity contribution is -0.363. The monoisotopic (exact) mass is 412 g/mol. The molecule has 158 valence electrons. The number of rotatable bonds is 3. The summed E-state index contributed by atoms with van der Waals surface area (Å²) >= 11 is 0. The van der Waals surface area contributed by atoms with Gasteiger partial charge in [-0.2, -0.15) is 0 Å². The Morgan fingerprint density at radius 3 is 2.27 bits per heavy atom. The molecule has 4 rings (SSSR count). The van der Waals surface area contributed by atoms with Crippen molar-refractivity contribution < 1.29 is 17.5 Å². The summed E-state index contributed by atoms with van der Waals surface area (Å²) in [7, 11) is 0. The highest BCUT2D eigenvalue weighted by molar-refractivity contribution is 6.58. The van der Waals surface area contributed by atoms with Crippen molar-refractivity contribution in [3.8, 4) is 0 Å². The van der Waals surface area contributed by atoms with Crippen molar-refractivity contribution in [3.05, 3.63) is 74.5 Å². The van der Waals surface area contributed by atoms with E-state index in [-0.39, 0.29) is 5.82 Å². The van der Waals surface area contributed by atoms with Crippen molar-refractivity contribution in [2.75, 3.05) is 0 Å². The summed E-state index contributed by atoms with van der Waals surface area (Å²) < 4.78 is 49.8. The number of halogens is 3. The van der Waals surface area contributed by atoms with E-state index in [1.807, 2.05) is 34.6 Å². The van der Waals surface area contributed by atoms with Gasteiger partial charge in [-0.05, 0) is 69.5 Å². The van der Waals surface area contributed by atoms with Crippen LogP contribution in [-0.4, -0.2) is 21.6 Å². The van der Waals surface area contributed by atoms with Crippen LogP contribution in [0.25, 0.3) is 5.57 Å². The molecule has 2 aliphatic rings. The Morgan fingerprint density at radius 1 is 1.00 bits per heavy atom. The summed E-state index contributed by atoms with van der Waals surface area (Å²) in [5.74, 6) is -0.390. The van der Waals surface area contributed by atoms with Gasteiger partial charge in [-0.25, -0.2) is 4.39 Å². The quantitative estimate of drug-likeness (QED) is 0.521. The predicted molar refractivity (Wildman–Crippen MR) is 118 cm³/mol. The summed E-state index contributed by atoms with van der Waals surface area (Å²) in [6.45, 7) is 9.05. The molecule has 2 aliphatic heterocycles. The van der Waals surface area contributed by atoms with E-state index < -0.39 is 6.97 Å². The highest BCUT2D eigenvalue weighted by Crippen LogP contribution is 2.47. The fourth-order valence-corrected chi connectivity index (χ4v) is 5.56. The maximum Gasteiger partial charge on any atom is 0.737 e. The highest BCUT2D eigenvalue weighted by atomic mass is 19.2. The number of allylic oxidation sites excluding steroid dienone is 2. The second-order valence-corrected chi connectivity index (χ2v) is 8.47. The van der Waals surface area contributed by atoms with Crippen molar-refractivity contribution in [1.82, 2.24) is 4.48 Å². The van der Waals surface area contributed by atoms with Crippen LogP contribution in [0, 0.1) is 26.6 Å². The molecular formula is C24H28BF3N2. The van der Waals surface area contributed by atoms with E-state index in [1.165, 1.54) is 15.0 Å². The van der Waals surface area contributed by atoms with Crippen molar-refractivity contribution in [2.24, 2.45) is 0 Å². The zero-order valence-corrected chi connectivity index (χ0v) is 18.8. The van der Waals surface area contributed by atoms with Crippen LogP contribution in [0.5, 0.6) is 0 Å². The second-order valence-electron chi connectivity index (χ2n) is 8.47. The third-order valence-electron chi connectivity index (χ3n) is 6.89. The van der Waals surface area contributed by atoms with Crippen molar-refractivity contribution in [1.29, 1.82) is 0 Å². The van der Waals surface area contributed by atoms with Gasteiger partial charge in [0.1, 0.15) is 11.5 Å². The Hall–Kier alpha value is -2.50. The molecule has 0 unspecified atom stereocenters. The van der Waals surface area contributed by atoms with E-state index in [0.29, 0.717) is 46.8 Å². The Kier molecular flexibility index (Phi) is 4.68. The molecule has 0 aliphatic carbocycles. The van der Waals surface area contributed by atoms with Gasteiger partial charge in [-0.1, -0.05) is 25.5 Å². The lowest BCUT2D eigenvalue weighted by Gasteiger charge is -2.34. The summed E-state index contributed by atoms with van der Waals surface area (Å²) in [6, 6.07) is 4.92. The highest BCUT2D eigenvalue weighted by Gasteiger charge is 2.56. The SMILES string of the molecule is CCC1=C(C)C2=C(c3cc(C)ccc3F)c3c(C)c(CC)c(C)n3[B-](F)(F)[N+]2=C1C. The minimum absolute atomic E-state index is 0.385. The average Bonchev–Trinajstić information content (AvgIpc) is 3.09. The zero-order chi connectivity index (χ0) is 22.1. The molecule has 2 nitrogen and oxygen atoms in total. The van der Waals surface area contributed by atoms with Gasteiger partial charge in [0.15, 0.2) is 5.70 Å². The minimum atomic E-state index is -4.09. The van der Waals surface area contributed by atoms with Crippen LogP contribution in [0.1, 0.15) is 67.8 Å². The fraction of sp³-hybridized carbons (Fsp3) is 0.375. The van der Waals surface area contributed by atoms with Crippen molar-refractivity contribution in [2.45, 2.75) is 61.3 Å². The molecule has 0 spiro atoms.